The summed E-state index contributed by atoms with van der Waals surface area (Å²) in [6.45, 7) is 0. The molecule has 0 N–H and O–H groups in total. The highest BCUT2D eigenvalue weighted by atomic mass is 32.2. The molecule has 3 nitrogen and oxygen atoms in total. The summed E-state index contributed by atoms with van der Waals surface area (Å²) in [5.74, 6) is 0. The molecule has 3 heterocycles. The number of rotatable bonds is 3. The van der Waals surface area contributed by atoms with Crippen molar-refractivity contribution in [1.29, 1.82) is 0 Å². The molecule has 216 valence electrons. The molecule has 0 radical (unpaired) electrons. The second kappa shape index (κ2) is 9.90. The molecule has 0 bridgehead atoms. The van der Waals surface area contributed by atoms with Crippen LogP contribution in [0.25, 0.3) is 60.6 Å². The van der Waals surface area contributed by atoms with E-state index in [9.17, 15) is 0 Å². The topological polar surface area (TPSA) is 21.3 Å². The lowest BCUT2D eigenvalue weighted by Gasteiger charge is -2.33. The fourth-order valence-corrected chi connectivity index (χ4v) is 8.21. The number of benzene rings is 7. The van der Waals surface area contributed by atoms with Crippen LogP contribution in [0.3, 0.4) is 0 Å². The first-order valence-electron chi connectivity index (χ1n) is 15.5. The van der Waals surface area contributed by atoms with E-state index in [1.807, 2.05) is 23.9 Å². The van der Waals surface area contributed by atoms with Gasteiger partial charge in [0.1, 0.15) is 5.58 Å². The van der Waals surface area contributed by atoms with Crippen molar-refractivity contribution in [2.45, 2.75) is 9.79 Å². The number of hydrogen-bond donors (Lipinski definition) is 0. The lowest BCUT2D eigenvalue weighted by atomic mass is 10.0. The molecule has 0 unspecified atom stereocenters. The Kier molecular flexibility index (Phi) is 5.51. The van der Waals surface area contributed by atoms with Crippen molar-refractivity contribution in [2.24, 2.45) is 0 Å². The summed E-state index contributed by atoms with van der Waals surface area (Å²) in [7, 11) is 0. The van der Waals surface area contributed by atoms with Crippen LogP contribution in [0.5, 0.6) is 0 Å². The van der Waals surface area contributed by atoms with Crippen molar-refractivity contribution in [2.75, 3.05) is 4.90 Å². The van der Waals surface area contributed by atoms with Gasteiger partial charge in [-0.05, 0) is 77.9 Å². The Hall–Kier alpha value is -5.71. The van der Waals surface area contributed by atoms with Crippen molar-refractivity contribution in [1.82, 2.24) is 4.57 Å². The van der Waals surface area contributed by atoms with Gasteiger partial charge in [-0.2, -0.15) is 0 Å². The van der Waals surface area contributed by atoms with Gasteiger partial charge in [0.15, 0.2) is 5.58 Å². The zero-order chi connectivity index (χ0) is 30.2. The standard InChI is InChI=1S/C42H26N2OS/c1-2-11-29(12-3-1)43-34-16-6-4-13-30(34)33-25-27(21-23-35(33)43)28-22-24-37-41(26-28)46-40-20-9-7-17-36(40)44(37)38-18-10-15-32-31-14-5-8-19-39(31)45-42(32)38/h1-26H. The molecule has 4 heteroatoms. The van der Waals surface area contributed by atoms with Crippen molar-refractivity contribution >= 4 is 72.6 Å². The summed E-state index contributed by atoms with van der Waals surface area (Å²) in [4.78, 5) is 4.81. The van der Waals surface area contributed by atoms with Crippen molar-refractivity contribution in [3.05, 3.63) is 158 Å². The summed E-state index contributed by atoms with van der Waals surface area (Å²) >= 11 is 1.83. The van der Waals surface area contributed by atoms with Gasteiger partial charge in [-0.3, -0.25) is 0 Å². The third kappa shape index (κ3) is 3.74. The zero-order valence-electron chi connectivity index (χ0n) is 24.7. The van der Waals surface area contributed by atoms with Crippen LogP contribution in [0.4, 0.5) is 17.1 Å². The van der Waals surface area contributed by atoms with Gasteiger partial charge < -0.3 is 13.9 Å². The number of nitrogens with zero attached hydrogens (tertiary/aromatic N) is 2. The summed E-state index contributed by atoms with van der Waals surface area (Å²) in [6.07, 6.45) is 0. The number of aromatic nitrogens is 1. The SMILES string of the molecule is c1ccc(-n2c3ccccc3c3cc(-c4ccc5c(c4)Sc4ccccc4N5c4cccc5c4oc4ccccc45)ccc32)cc1. The molecule has 0 amide bonds. The lowest BCUT2D eigenvalue weighted by Crippen LogP contribution is -2.15. The molecule has 0 spiro atoms. The monoisotopic (exact) mass is 606 g/mol. The molecule has 0 saturated carbocycles. The first-order valence-corrected chi connectivity index (χ1v) is 16.3. The quantitative estimate of drug-likeness (QED) is 0.200. The van der Waals surface area contributed by atoms with E-state index >= 15 is 0 Å². The first-order chi connectivity index (χ1) is 22.8. The lowest BCUT2D eigenvalue weighted by molar-refractivity contribution is 0.669. The highest BCUT2D eigenvalue weighted by Gasteiger charge is 2.27. The van der Waals surface area contributed by atoms with Crippen LogP contribution in [-0.2, 0) is 0 Å². The Balaban J connectivity index is 1.15. The van der Waals surface area contributed by atoms with E-state index in [4.69, 9.17) is 4.42 Å². The number of furan rings is 1. The van der Waals surface area contributed by atoms with Gasteiger partial charge in [-0.15, -0.1) is 0 Å². The fourth-order valence-electron chi connectivity index (χ4n) is 7.11. The molecule has 0 fully saturated rings. The van der Waals surface area contributed by atoms with Gasteiger partial charge in [0, 0.05) is 37.0 Å². The maximum absolute atomic E-state index is 6.52. The first kappa shape index (κ1) is 25.6. The largest absolute Gasteiger partial charge is 0.454 e. The Morgan fingerprint density at radius 2 is 1.11 bits per heavy atom. The predicted molar refractivity (Wildman–Crippen MR) is 192 cm³/mol. The Labute approximate surface area is 269 Å². The zero-order valence-corrected chi connectivity index (χ0v) is 25.5. The maximum Gasteiger partial charge on any atom is 0.159 e. The van der Waals surface area contributed by atoms with Gasteiger partial charge in [0.05, 0.1) is 28.1 Å². The summed E-state index contributed by atoms with van der Waals surface area (Å²) in [5.41, 5.74) is 11.2. The van der Waals surface area contributed by atoms with Gasteiger partial charge in [-0.25, -0.2) is 0 Å². The Morgan fingerprint density at radius 3 is 2.04 bits per heavy atom. The molecule has 2 aromatic heterocycles. The van der Waals surface area contributed by atoms with E-state index in [-0.39, 0.29) is 0 Å². The average molecular weight is 607 g/mol. The van der Waals surface area contributed by atoms with Crippen LogP contribution >= 0.6 is 11.8 Å². The van der Waals surface area contributed by atoms with E-state index in [0.29, 0.717) is 0 Å². The number of hydrogen-bond acceptors (Lipinski definition) is 3. The fraction of sp³-hybridized carbons (Fsp3) is 0. The summed E-state index contributed by atoms with van der Waals surface area (Å²) in [5, 5.41) is 4.78. The van der Waals surface area contributed by atoms with Crippen molar-refractivity contribution in [3.63, 3.8) is 0 Å². The molecule has 0 aliphatic carbocycles. The number of para-hydroxylation sites is 5. The molecule has 1 aliphatic heterocycles. The van der Waals surface area contributed by atoms with Gasteiger partial charge in [0.2, 0.25) is 0 Å². The van der Waals surface area contributed by atoms with Crippen molar-refractivity contribution < 1.29 is 4.42 Å². The molecule has 46 heavy (non-hydrogen) atoms. The molecule has 10 rings (SSSR count). The summed E-state index contributed by atoms with van der Waals surface area (Å²) < 4.78 is 8.89. The molecule has 9 aromatic rings. The molecule has 1 aliphatic rings. The van der Waals surface area contributed by atoms with E-state index in [1.165, 1.54) is 48.4 Å². The number of anilines is 3. The highest BCUT2D eigenvalue weighted by molar-refractivity contribution is 7.99. The normalized spacial score (nSPS) is 12.7. The van der Waals surface area contributed by atoms with E-state index in [0.717, 1.165) is 39.0 Å². The smallest absolute Gasteiger partial charge is 0.159 e. The van der Waals surface area contributed by atoms with Crippen LogP contribution < -0.4 is 4.90 Å². The Morgan fingerprint density at radius 1 is 0.435 bits per heavy atom. The van der Waals surface area contributed by atoms with E-state index < -0.39 is 0 Å². The van der Waals surface area contributed by atoms with Crippen molar-refractivity contribution in [3.8, 4) is 16.8 Å². The van der Waals surface area contributed by atoms with Crippen LogP contribution in [-0.4, -0.2) is 4.57 Å². The Bertz CT molecular complexity index is 2630. The predicted octanol–water partition coefficient (Wildman–Crippen LogP) is 12.3. The van der Waals surface area contributed by atoms with Crippen LogP contribution in [0.1, 0.15) is 0 Å². The van der Waals surface area contributed by atoms with Crippen LogP contribution in [0, 0.1) is 0 Å². The van der Waals surface area contributed by atoms with Gasteiger partial charge >= 0.3 is 0 Å². The third-order valence-electron chi connectivity index (χ3n) is 9.17. The second-order valence-corrected chi connectivity index (χ2v) is 12.8. The molecule has 0 saturated heterocycles. The van der Waals surface area contributed by atoms with E-state index in [2.05, 4.69) is 155 Å². The second-order valence-electron chi connectivity index (χ2n) is 11.8. The van der Waals surface area contributed by atoms with Gasteiger partial charge in [0.25, 0.3) is 0 Å². The molecule has 0 atom stereocenters. The minimum absolute atomic E-state index is 0.903. The minimum Gasteiger partial charge on any atom is -0.454 e. The van der Waals surface area contributed by atoms with Crippen LogP contribution in [0.2, 0.25) is 0 Å². The van der Waals surface area contributed by atoms with E-state index in [1.54, 1.807) is 0 Å². The molecular formula is C42H26N2OS. The maximum atomic E-state index is 6.52. The number of fused-ring (bicyclic) bond motifs is 8. The molecular weight excluding hydrogens is 581 g/mol. The minimum atomic E-state index is 0.903. The van der Waals surface area contributed by atoms with Crippen LogP contribution in [0.15, 0.2) is 172 Å². The average Bonchev–Trinajstić information content (AvgIpc) is 3.66. The third-order valence-corrected chi connectivity index (χ3v) is 10.3. The summed E-state index contributed by atoms with van der Waals surface area (Å²) in [6, 6.07) is 56.5. The molecule has 7 aromatic carbocycles. The highest BCUT2D eigenvalue weighted by Crippen LogP contribution is 2.54. The van der Waals surface area contributed by atoms with Gasteiger partial charge in [-0.1, -0.05) is 103 Å².